The largest absolute Gasteiger partial charge is 0.485 e. The van der Waals surface area contributed by atoms with Crippen molar-refractivity contribution in [2.45, 2.75) is 31.9 Å². The Morgan fingerprint density at radius 3 is 2.45 bits per heavy atom. The van der Waals surface area contributed by atoms with Crippen molar-refractivity contribution >= 4 is 23.6 Å². The number of piperazine rings is 1. The van der Waals surface area contributed by atoms with Gasteiger partial charge in [-0.05, 0) is 44.0 Å². The minimum absolute atomic E-state index is 0.0279. The Morgan fingerprint density at radius 2 is 1.76 bits per heavy atom. The Labute approximate surface area is 197 Å². The lowest BCUT2D eigenvalue weighted by Crippen LogP contribution is -2.55. The highest BCUT2D eigenvalue weighted by Crippen LogP contribution is 2.31. The lowest BCUT2D eigenvalue weighted by molar-refractivity contribution is -0.145. The predicted molar refractivity (Wildman–Crippen MR) is 123 cm³/mol. The molecule has 172 valence electrons. The third-order valence-corrected chi connectivity index (χ3v) is 7.10. The maximum atomic E-state index is 12.9. The fourth-order valence-corrected chi connectivity index (χ4v) is 4.88. The quantitative estimate of drug-likeness (QED) is 0.639. The van der Waals surface area contributed by atoms with Gasteiger partial charge in [-0.2, -0.15) is 5.26 Å². The molecule has 1 aromatic carbocycles. The number of aromatic nitrogens is 1. The number of pyridine rings is 1. The van der Waals surface area contributed by atoms with Gasteiger partial charge in [-0.1, -0.05) is 23.9 Å². The number of aryl methyl sites for hydroxylation is 1. The van der Waals surface area contributed by atoms with Crippen molar-refractivity contribution in [3.05, 3.63) is 46.6 Å². The molecule has 1 aromatic heterocycles. The molecule has 1 saturated heterocycles. The van der Waals surface area contributed by atoms with Crippen molar-refractivity contribution in [2.75, 3.05) is 38.5 Å². The molecule has 0 unspecified atom stereocenters. The van der Waals surface area contributed by atoms with Gasteiger partial charge in [0.2, 0.25) is 12.0 Å². The number of nitriles is 1. The van der Waals surface area contributed by atoms with Gasteiger partial charge in [0, 0.05) is 31.9 Å². The van der Waals surface area contributed by atoms with Crippen molar-refractivity contribution in [3.63, 3.8) is 0 Å². The van der Waals surface area contributed by atoms with Crippen LogP contribution in [0.2, 0.25) is 0 Å². The fourth-order valence-electron chi connectivity index (χ4n) is 3.89. The molecule has 2 amide bonds. The van der Waals surface area contributed by atoms with E-state index < -0.39 is 6.10 Å². The van der Waals surface area contributed by atoms with Gasteiger partial charge >= 0.3 is 0 Å². The van der Waals surface area contributed by atoms with E-state index in [0.717, 1.165) is 16.8 Å². The summed E-state index contributed by atoms with van der Waals surface area (Å²) < 4.78 is 11.5. The monoisotopic (exact) mass is 466 g/mol. The summed E-state index contributed by atoms with van der Waals surface area (Å²) in [5, 5.41) is 10.1. The second kappa shape index (κ2) is 9.71. The van der Waals surface area contributed by atoms with E-state index in [4.69, 9.17) is 9.47 Å². The molecule has 2 aromatic rings. The summed E-state index contributed by atoms with van der Waals surface area (Å²) in [5.41, 5.74) is 3.30. The van der Waals surface area contributed by atoms with Crippen molar-refractivity contribution in [3.8, 4) is 17.6 Å². The first kappa shape index (κ1) is 22.9. The molecule has 0 radical (unpaired) electrons. The zero-order valence-corrected chi connectivity index (χ0v) is 19.8. The van der Waals surface area contributed by atoms with Crippen LogP contribution in [0.3, 0.4) is 0 Å². The molecule has 0 N–H and O–H groups in total. The van der Waals surface area contributed by atoms with Crippen LogP contribution in [-0.4, -0.2) is 71.2 Å². The van der Waals surface area contributed by atoms with Gasteiger partial charge in [-0.15, -0.1) is 0 Å². The first-order chi connectivity index (χ1) is 15.9. The van der Waals surface area contributed by atoms with Crippen LogP contribution in [0.1, 0.15) is 22.4 Å². The summed E-state index contributed by atoms with van der Waals surface area (Å²) in [7, 11) is 0. The third-order valence-electron chi connectivity index (χ3n) is 6.14. The molecule has 0 aliphatic carbocycles. The first-order valence-corrected chi connectivity index (χ1v) is 11.8. The van der Waals surface area contributed by atoms with E-state index in [2.05, 4.69) is 11.1 Å². The molecule has 9 heteroatoms. The summed E-state index contributed by atoms with van der Waals surface area (Å²) in [4.78, 5) is 33.6. The van der Waals surface area contributed by atoms with Gasteiger partial charge in [0.1, 0.15) is 17.7 Å². The van der Waals surface area contributed by atoms with Crippen LogP contribution in [-0.2, 0) is 9.59 Å². The molecule has 0 bridgehead atoms. The summed E-state index contributed by atoms with van der Waals surface area (Å²) in [6.07, 6.45) is -0.679. The predicted octanol–water partition coefficient (Wildman–Crippen LogP) is 2.48. The van der Waals surface area contributed by atoms with Crippen LogP contribution in [0, 0.1) is 32.1 Å². The zero-order valence-electron chi connectivity index (χ0n) is 19.0. The van der Waals surface area contributed by atoms with Crippen LogP contribution in [0.15, 0.2) is 29.3 Å². The standard InChI is InChI=1S/C24H26N4O4S/c1-15-16(2)18(12-25)23(26-17(15)3)33-14-22(29)27-8-10-28(11-9-27)24(30)21-13-31-19-6-4-5-7-20(19)32-21/h4-7,21H,8-11,13-14H2,1-3H3/t21-/m0/s1. The number of thioether (sulfide) groups is 1. The average Bonchev–Trinajstić information content (AvgIpc) is 2.85. The van der Waals surface area contributed by atoms with Crippen LogP contribution in [0.4, 0.5) is 0 Å². The number of carbonyl (C=O) groups excluding carboxylic acids is 2. The molecule has 4 rings (SSSR count). The van der Waals surface area contributed by atoms with Crippen molar-refractivity contribution < 1.29 is 19.1 Å². The van der Waals surface area contributed by atoms with E-state index in [9.17, 15) is 14.9 Å². The SMILES string of the molecule is Cc1nc(SCC(=O)N2CCN(C(=O)[C@@H]3COc4ccccc4O3)CC2)c(C#N)c(C)c1C. The molecule has 3 heterocycles. The normalized spacial score (nSPS) is 17.5. The van der Waals surface area contributed by atoms with Crippen molar-refractivity contribution in [1.29, 1.82) is 5.26 Å². The number of rotatable bonds is 4. The second-order valence-electron chi connectivity index (χ2n) is 8.10. The minimum Gasteiger partial charge on any atom is -0.485 e. The Bertz CT molecular complexity index is 1120. The van der Waals surface area contributed by atoms with Gasteiger partial charge in [-0.25, -0.2) is 4.98 Å². The summed E-state index contributed by atoms with van der Waals surface area (Å²) >= 11 is 1.29. The molecular formula is C24H26N4O4S. The summed E-state index contributed by atoms with van der Waals surface area (Å²) in [5.74, 6) is 1.26. The van der Waals surface area contributed by atoms with Gasteiger partial charge in [0.05, 0.1) is 11.3 Å². The van der Waals surface area contributed by atoms with Crippen LogP contribution in [0.25, 0.3) is 0 Å². The second-order valence-corrected chi connectivity index (χ2v) is 9.06. The molecule has 1 atom stereocenters. The molecule has 8 nitrogen and oxygen atoms in total. The summed E-state index contributed by atoms with van der Waals surface area (Å²) in [6, 6.07) is 9.51. The first-order valence-electron chi connectivity index (χ1n) is 10.8. The number of carbonyl (C=O) groups is 2. The Hall–Kier alpha value is -3.25. The number of fused-ring (bicyclic) bond motifs is 1. The van der Waals surface area contributed by atoms with Crippen LogP contribution >= 0.6 is 11.8 Å². The zero-order chi connectivity index (χ0) is 23.5. The topological polar surface area (TPSA) is 95.8 Å². The fraction of sp³-hybridized carbons (Fsp3) is 0.417. The van der Waals surface area contributed by atoms with E-state index in [1.165, 1.54) is 11.8 Å². The molecule has 0 spiro atoms. The highest BCUT2D eigenvalue weighted by molar-refractivity contribution is 8.00. The Morgan fingerprint density at radius 1 is 1.09 bits per heavy atom. The number of para-hydroxylation sites is 2. The van der Waals surface area contributed by atoms with Crippen LogP contribution < -0.4 is 9.47 Å². The highest BCUT2D eigenvalue weighted by Gasteiger charge is 2.33. The van der Waals surface area contributed by atoms with Crippen LogP contribution in [0.5, 0.6) is 11.5 Å². The van der Waals surface area contributed by atoms with E-state index in [1.54, 1.807) is 15.9 Å². The average molecular weight is 467 g/mol. The van der Waals surface area contributed by atoms with Gasteiger partial charge in [0.25, 0.3) is 5.91 Å². The third kappa shape index (κ3) is 4.76. The number of benzene rings is 1. The maximum Gasteiger partial charge on any atom is 0.267 e. The van der Waals surface area contributed by atoms with E-state index in [-0.39, 0.29) is 24.2 Å². The van der Waals surface area contributed by atoms with Crippen molar-refractivity contribution in [2.24, 2.45) is 0 Å². The summed E-state index contributed by atoms with van der Waals surface area (Å²) in [6.45, 7) is 7.74. The minimum atomic E-state index is -0.679. The number of amides is 2. The molecule has 2 aliphatic rings. The molecular weight excluding hydrogens is 440 g/mol. The molecule has 1 fully saturated rings. The Kier molecular flexibility index (Phi) is 6.75. The lowest BCUT2D eigenvalue weighted by Gasteiger charge is -2.37. The van der Waals surface area contributed by atoms with Gasteiger partial charge in [0.15, 0.2) is 11.5 Å². The number of hydrogen-bond donors (Lipinski definition) is 0. The number of hydrogen-bond acceptors (Lipinski definition) is 7. The van der Waals surface area contributed by atoms with E-state index in [1.807, 2.05) is 39.0 Å². The molecule has 2 aliphatic heterocycles. The molecule has 0 saturated carbocycles. The van der Waals surface area contributed by atoms with E-state index in [0.29, 0.717) is 48.3 Å². The molecule has 33 heavy (non-hydrogen) atoms. The van der Waals surface area contributed by atoms with Crippen molar-refractivity contribution in [1.82, 2.24) is 14.8 Å². The smallest absolute Gasteiger partial charge is 0.267 e. The van der Waals surface area contributed by atoms with E-state index >= 15 is 0 Å². The number of ether oxygens (including phenoxy) is 2. The van der Waals surface area contributed by atoms with Gasteiger partial charge < -0.3 is 19.3 Å². The number of nitrogens with zero attached hydrogens (tertiary/aromatic N) is 4. The Balaban J connectivity index is 1.30. The van der Waals surface area contributed by atoms with Gasteiger partial charge in [-0.3, -0.25) is 9.59 Å². The lowest BCUT2D eigenvalue weighted by atomic mass is 10.1. The maximum absolute atomic E-state index is 12.9. The highest BCUT2D eigenvalue weighted by atomic mass is 32.2.